The number of methoxy groups -OCH3 is 1. The minimum atomic E-state index is -0.438. The summed E-state index contributed by atoms with van der Waals surface area (Å²) in [4.78, 5) is 24.1. The second kappa shape index (κ2) is 6.78. The summed E-state index contributed by atoms with van der Waals surface area (Å²) in [5.74, 6) is 0.590. The highest BCUT2D eigenvalue weighted by Gasteiger charge is 2.16. The molecule has 0 spiro atoms. The summed E-state index contributed by atoms with van der Waals surface area (Å²) < 4.78 is 16.7. The van der Waals surface area contributed by atoms with Crippen molar-refractivity contribution in [1.82, 2.24) is 0 Å². The van der Waals surface area contributed by atoms with Crippen LogP contribution in [0.15, 0.2) is 63.1 Å². The van der Waals surface area contributed by atoms with E-state index in [-0.39, 0.29) is 0 Å². The Morgan fingerprint density at radius 1 is 1.08 bits per heavy atom. The molecule has 0 radical (unpaired) electrons. The lowest BCUT2D eigenvalue weighted by molar-refractivity contribution is 0.0740. The fraction of sp³-hybridized carbons (Fsp3) is 0.0526. The van der Waals surface area contributed by atoms with E-state index >= 15 is 0 Å². The number of thiophene rings is 1. The molecule has 26 heavy (non-hydrogen) atoms. The van der Waals surface area contributed by atoms with E-state index in [4.69, 9.17) is 13.9 Å². The van der Waals surface area contributed by atoms with Crippen LogP contribution in [0.25, 0.3) is 21.4 Å². The molecule has 7 heteroatoms. The van der Waals surface area contributed by atoms with Gasteiger partial charge in [0, 0.05) is 11.6 Å². The number of fused-ring (bicyclic) bond motifs is 1. The van der Waals surface area contributed by atoms with Gasteiger partial charge in [0.15, 0.2) is 5.58 Å². The number of benzene rings is 2. The van der Waals surface area contributed by atoms with Gasteiger partial charge in [0.05, 0.1) is 11.8 Å². The summed E-state index contributed by atoms with van der Waals surface area (Å²) in [6.07, 6.45) is 0. The summed E-state index contributed by atoms with van der Waals surface area (Å²) in [6, 6.07) is 14.2. The minimum Gasteiger partial charge on any atom is -0.497 e. The van der Waals surface area contributed by atoms with Crippen molar-refractivity contribution in [3.63, 3.8) is 0 Å². The predicted octanol–water partition coefficient (Wildman–Crippen LogP) is 4.81. The third-order valence-electron chi connectivity index (χ3n) is 3.72. The van der Waals surface area contributed by atoms with Crippen LogP contribution in [0, 0.1) is 0 Å². The van der Waals surface area contributed by atoms with Gasteiger partial charge in [-0.2, -0.15) is 0 Å². The van der Waals surface area contributed by atoms with E-state index in [2.05, 4.69) is 0 Å². The van der Waals surface area contributed by atoms with Gasteiger partial charge in [0.25, 0.3) is 0 Å². The van der Waals surface area contributed by atoms with E-state index in [0.29, 0.717) is 32.2 Å². The first-order valence-corrected chi connectivity index (χ1v) is 9.31. The molecule has 2 aromatic heterocycles. The lowest BCUT2D eigenvalue weighted by atomic mass is 10.0. The molecule has 2 aromatic carbocycles. The van der Waals surface area contributed by atoms with Crippen LogP contribution in [0.5, 0.6) is 11.5 Å². The third kappa shape index (κ3) is 3.14. The van der Waals surface area contributed by atoms with Crippen LogP contribution >= 0.6 is 22.7 Å². The zero-order valence-corrected chi connectivity index (χ0v) is 15.2. The largest absolute Gasteiger partial charge is 0.497 e. The van der Waals surface area contributed by atoms with Crippen LogP contribution in [-0.4, -0.2) is 13.1 Å². The zero-order valence-electron chi connectivity index (χ0n) is 13.6. The summed E-state index contributed by atoms with van der Waals surface area (Å²) >= 11 is 2.27. The summed E-state index contributed by atoms with van der Waals surface area (Å²) in [7, 11) is 1.58. The Morgan fingerprint density at radius 3 is 2.73 bits per heavy atom. The van der Waals surface area contributed by atoms with Gasteiger partial charge in [-0.05, 0) is 35.2 Å². The molecule has 0 aliphatic heterocycles. The van der Waals surface area contributed by atoms with Crippen LogP contribution in [-0.2, 0) is 0 Å². The van der Waals surface area contributed by atoms with E-state index < -0.39 is 10.9 Å². The number of hydrogen-bond donors (Lipinski definition) is 0. The molecule has 0 aliphatic carbocycles. The molecule has 0 unspecified atom stereocenters. The van der Waals surface area contributed by atoms with Crippen molar-refractivity contribution >= 4 is 38.9 Å². The van der Waals surface area contributed by atoms with Gasteiger partial charge in [0.1, 0.15) is 16.4 Å². The van der Waals surface area contributed by atoms with Crippen molar-refractivity contribution in [1.29, 1.82) is 0 Å². The molecule has 4 aromatic rings. The van der Waals surface area contributed by atoms with Crippen molar-refractivity contribution < 1.29 is 18.7 Å². The number of carbonyl (C=O) groups excluding carboxylic acids is 1. The van der Waals surface area contributed by atoms with E-state index in [9.17, 15) is 9.59 Å². The van der Waals surface area contributed by atoms with Crippen LogP contribution in [0.4, 0.5) is 0 Å². The standard InChI is InChI=1S/C19H12O5S2/c1-22-12-5-2-4-11(8-12)14-9-13(10-16-17(14)24-19(21)26-16)23-18(20)15-6-3-7-25-15/h2-10H,1H3. The normalized spacial score (nSPS) is 10.8. The second-order valence-electron chi connectivity index (χ2n) is 5.35. The Hall–Kier alpha value is -2.90. The summed E-state index contributed by atoms with van der Waals surface area (Å²) in [5, 5.41) is 1.81. The van der Waals surface area contributed by atoms with Crippen molar-refractivity contribution in [2.24, 2.45) is 0 Å². The lowest BCUT2D eigenvalue weighted by Gasteiger charge is -2.08. The van der Waals surface area contributed by atoms with Gasteiger partial charge in [0.2, 0.25) is 0 Å². The molecule has 0 atom stereocenters. The molecule has 5 nitrogen and oxygen atoms in total. The maximum absolute atomic E-state index is 12.3. The first-order chi connectivity index (χ1) is 12.6. The highest BCUT2D eigenvalue weighted by molar-refractivity contribution is 7.16. The highest BCUT2D eigenvalue weighted by atomic mass is 32.1. The first kappa shape index (κ1) is 16.6. The first-order valence-electron chi connectivity index (χ1n) is 7.62. The molecule has 0 bridgehead atoms. The Bertz CT molecular complexity index is 1140. The average Bonchev–Trinajstić information content (AvgIpc) is 3.30. The van der Waals surface area contributed by atoms with E-state index in [1.54, 1.807) is 31.4 Å². The molecule has 0 aliphatic rings. The molecular formula is C19H12O5S2. The summed E-state index contributed by atoms with van der Waals surface area (Å²) in [5.41, 5.74) is 1.92. The lowest BCUT2D eigenvalue weighted by Crippen LogP contribution is -2.06. The second-order valence-corrected chi connectivity index (χ2v) is 7.28. The monoisotopic (exact) mass is 384 g/mol. The molecular weight excluding hydrogens is 372 g/mol. The molecule has 130 valence electrons. The number of hydrogen-bond acceptors (Lipinski definition) is 7. The number of carbonyl (C=O) groups is 1. The molecule has 0 saturated carbocycles. The fourth-order valence-corrected chi connectivity index (χ4v) is 3.89. The van der Waals surface area contributed by atoms with Gasteiger partial charge in [-0.1, -0.05) is 29.5 Å². The van der Waals surface area contributed by atoms with Gasteiger partial charge < -0.3 is 13.9 Å². The topological polar surface area (TPSA) is 65.7 Å². The Labute approximate surface area is 156 Å². The maximum Gasteiger partial charge on any atom is 0.396 e. The smallest absolute Gasteiger partial charge is 0.396 e. The van der Waals surface area contributed by atoms with Crippen molar-refractivity contribution in [3.8, 4) is 22.6 Å². The van der Waals surface area contributed by atoms with Crippen LogP contribution in [0.3, 0.4) is 0 Å². The average molecular weight is 384 g/mol. The van der Waals surface area contributed by atoms with Crippen LogP contribution in [0.1, 0.15) is 9.67 Å². The number of ether oxygens (including phenoxy) is 2. The van der Waals surface area contributed by atoms with Gasteiger partial charge in [-0.3, -0.25) is 0 Å². The molecule has 0 N–H and O–H groups in total. The minimum absolute atomic E-state index is 0.353. The van der Waals surface area contributed by atoms with Crippen molar-refractivity contribution in [3.05, 3.63) is 68.5 Å². The maximum atomic E-state index is 12.3. The molecule has 2 heterocycles. The molecule has 4 rings (SSSR count). The van der Waals surface area contributed by atoms with Crippen LogP contribution < -0.4 is 14.4 Å². The van der Waals surface area contributed by atoms with E-state index in [1.165, 1.54) is 11.3 Å². The van der Waals surface area contributed by atoms with Gasteiger partial charge in [-0.25, -0.2) is 9.59 Å². The molecule has 0 fully saturated rings. The predicted molar refractivity (Wildman–Crippen MR) is 102 cm³/mol. The van der Waals surface area contributed by atoms with E-state index in [1.807, 2.05) is 29.6 Å². The SMILES string of the molecule is COc1cccc(-c2cc(OC(=O)c3cccs3)cc3sc(=O)oc23)c1. The zero-order chi connectivity index (χ0) is 18.1. The third-order valence-corrected chi connectivity index (χ3v) is 5.34. The number of esters is 1. The Morgan fingerprint density at radius 2 is 1.96 bits per heavy atom. The molecule has 0 saturated heterocycles. The molecule has 0 amide bonds. The quantitative estimate of drug-likeness (QED) is 0.373. The van der Waals surface area contributed by atoms with E-state index in [0.717, 1.165) is 16.9 Å². The van der Waals surface area contributed by atoms with Crippen LogP contribution in [0.2, 0.25) is 0 Å². The Kier molecular flexibility index (Phi) is 4.32. The van der Waals surface area contributed by atoms with Gasteiger partial charge in [-0.15, -0.1) is 11.3 Å². The number of rotatable bonds is 4. The Balaban J connectivity index is 1.83. The summed E-state index contributed by atoms with van der Waals surface area (Å²) in [6.45, 7) is 0. The highest BCUT2D eigenvalue weighted by Crippen LogP contribution is 2.36. The fourth-order valence-electron chi connectivity index (χ4n) is 2.57. The van der Waals surface area contributed by atoms with Crippen molar-refractivity contribution in [2.75, 3.05) is 7.11 Å². The van der Waals surface area contributed by atoms with Gasteiger partial charge >= 0.3 is 10.9 Å². The van der Waals surface area contributed by atoms with Crippen molar-refractivity contribution in [2.45, 2.75) is 0 Å².